The molecular weight excluding hydrogens is 557 g/mol. The minimum Gasteiger partial charge on any atom is -0.455 e. The van der Waals surface area contributed by atoms with Crippen molar-refractivity contribution in [2.24, 2.45) is 34.0 Å². The van der Waals surface area contributed by atoms with Crippen LogP contribution in [0.25, 0.3) is 0 Å². The number of ketones is 1. The lowest BCUT2D eigenvalue weighted by atomic mass is 9.43. The third-order valence-electron chi connectivity index (χ3n) is 12.2. The van der Waals surface area contributed by atoms with E-state index in [2.05, 4.69) is 31.2 Å². The Bertz CT molecular complexity index is 1310. The van der Waals surface area contributed by atoms with E-state index in [0.29, 0.717) is 25.7 Å². The van der Waals surface area contributed by atoms with Crippen molar-refractivity contribution in [1.82, 2.24) is 0 Å². The molecule has 2 aromatic carbocycles. The molecule has 0 aromatic heterocycles. The molecule has 226 valence electrons. The zero-order valence-corrected chi connectivity index (χ0v) is 25.9. The van der Waals surface area contributed by atoms with Crippen LogP contribution >= 0.6 is 0 Å². The van der Waals surface area contributed by atoms with Crippen molar-refractivity contribution in [2.75, 3.05) is 0 Å². The third kappa shape index (κ3) is 4.18. The molecule has 2 bridgehead atoms. The number of alkyl halides is 3. The lowest BCUT2D eigenvalue weighted by Crippen LogP contribution is -2.74. The molecule has 1 unspecified atom stereocenters. The van der Waals surface area contributed by atoms with Crippen LogP contribution in [0.5, 0.6) is 0 Å². The van der Waals surface area contributed by atoms with Crippen molar-refractivity contribution in [3.05, 3.63) is 60.7 Å². The Morgan fingerprint density at radius 1 is 1.02 bits per heavy atom. The van der Waals surface area contributed by atoms with E-state index in [9.17, 15) is 22.8 Å². The van der Waals surface area contributed by atoms with E-state index < -0.39 is 48.7 Å². The van der Waals surface area contributed by atoms with Crippen molar-refractivity contribution in [3.8, 4) is 0 Å². The average Bonchev–Trinajstić information content (AvgIpc) is 3.34. The van der Waals surface area contributed by atoms with E-state index >= 15 is 0 Å². The summed E-state index contributed by atoms with van der Waals surface area (Å²) in [7, 11) is -2.83. The summed E-state index contributed by atoms with van der Waals surface area (Å²) in [4.78, 5) is 26.4. The molecule has 4 aliphatic rings. The zero-order chi connectivity index (χ0) is 30.1. The van der Waals surface area contributed by atoms with Gasteiger partial charge < -0.3 is 9.16 Å². The highest BCUT2D eigenvalue weighted by atomic mass is 28.4. The summed E-state index contributed by atoms with van der Waals surface area (Å²) in [6.45, 7) is 8.11. The first-order chi connectivity index (χ1) is 19.8. The smallest absolute Gasteiger partial charge is 0.455 e. The molecule has 0 spiro atoms. The van der Waals surface area contributed by atoms with Crippen LogP contribution in [-0.4, -0.2) is 38.5 Å². The molecule has 3 saturated carbocycles. The predicted octanol–water partition coefficient (Wildman–Crippen LogP) is 6.46. The standard InChI is InChI=1S/C34H41F3O4Si/c1-5-31(3)20-27-32(4)23(21-42(41-27,24-12-8-6-9-13-24)25-14-10-7-11-15-25)16-18-33(19-17-26(38)28(32)33)22(2)29(31)40-30(39)34(35,36)37/h6-15,22-23,27-29H,5,16-21H2,1-4H3/t22-,23-,27+,28?,29-,31+,32-,33-/m0/s1. The highest BCUT2D eigenvalue weighted by molar-refractivity contribution is 6.97. The van der Waals surface area contributed by atoms with E-state index in [0.717, 1.165) is 18.9 Å². The zero-order valence-electron chi connectivity index (χ0n) is 24.9. The van der Waals surface area contributed by atoms with Crippen molar-refractivity contribution in [2.45, 2.75) is 90.6 Å². The van der Waals surface area contributed by atoms with Crippen molar-refractivity contribution >= 4 is 30.4 Å². The van der Waals surface area contributed by atoms with Gasteiger partial charge in [0.1, 0.15) is 11.9 Å². The number of halogens is 3. The molecule has 3 aliphatic carbocycles. The second-order valence-electron chi connectivity index (χ2n) is 13.9. The first-order valence-corrected chi connectivity index (χ1v) is 17.5. The number of benzene rings is 2. The van der Waals surface area contributed by atoms with Crippen molar-refractivity contribution in [1.29, 1.82) is 0 Å². The van der Waals surface area contributed by atoms with Gasteiger partial charge in [0, 0.05) is 29.1 Å². The van der Waals surface area contributed by atoms with E-state index in [1.54, 1.807) is 0 Å². The summed E-state index contributed by atoms with van der Waals surface area (Å²) in [6, 6.07) is 21.6. The summed E-state index contributed by atoms with van der Waals surface area (Å²) < 4.78 is 54.0. The quantitative estimate of drug-likeness (QED) is 0.300. The summed E-state index contributed by atoms with van der Waals surface area (Å²) in [5.41, 5.74) is -1.77. The van der Waals surface area contributed by atoms with Gasteiger partial charge in [0.15, 0.2) is 0 Å². The van der Waals surface area contributed by atoms with Gasteiger partial charge in [0.05, 0.1) is 6.10 Å². The minimum absolute atomic E-state index is 0.192. The number of Topliss-reactive ketones (excluding diaryl/α,β-unsaturated/α-hetero) is 1. The second-order valence-corrected chi connectivity index (χ2v) is 17.4. The highest BCUT2D eigenvalue weighted by Crippen LogP contribution is 2.70. The van der Waals surface area contributed by atoms with Gasteiger partial charge >= 0.3 is 12.1 Å². The predicted molar refractivity (Wildman–Crippen MR) is 157 cm³/mol. The molecule has 4 fully saturated rings. The molecule has 0 N–H and O–H groups in total. The van der Waals surface area contributed by atoms with Gasteiger partial charge in [-0.2, -0.15) is 13.2 Å². The van der Waals surface area contributed by atoms with Crippen molar-refractivity contribution in [3.63, 3.8) is 0 Å². The van der Waals surface area contributed by atoms with E-state index in [-0.39, 0.29) is 23.7 Å². The average molecular weight is 599 g/mol. The number of esters is 1. The van der Waals surface area contributed by atoms with E-state index in [1.165, 1.54) is 10.4 Å². The Kier molecular flexibility index (Phi) is 7.08. The first-order valence-electron chi connectivity index (χ1n) is 15.4. The summed E-state index contributed by atoms with van der Waals surface area (Å²) in [5.74, 6) is -2.45. The maximum absolute atomic E-state index is 14.0. The largest absolute Gasteiger partial charge is 0.490 e. The van der Waals surface area contributed by atoms with Gasteiger partial charge in [0.25, 0.3) is 8.32 Å². The summed E-state index contributed by atoms with van der Waals surface area (Å²) in [5, 5.41) is 2.34. The summed E-state index contributed by atoms with van der Waals surface area (Å²) in [6.07, 6.45) is -2.86. The SMILES string of the molecule is CC[C@]1(C)C[C@H]2O[Si](c3ccccc3)(c3ccccc3)C[C@@H]3CC[C@]4(CCC(=O)C4[C@@]32C)[C@@H](C)[C@@H]1OC(=O)C(F)(F)F. The molecule has 4 nitrogen and oxygen atoms in total. The van der Waals surface area contributed by atoms with Crippen LogP contribution in [0.3, 0.4) is 0 Å². The molecule has 6 rings (SSSR count). The monoisotopic (exact) mass is 598 g/mol. The maximum Gasteiger partial charge on any atom is 0.490 e. The molecule has 0 amide bonds. The van der Waals surface area contributed by atoms with Gasteiger partial charge in [-0.3, -0.25) is 4.79 Å². The third-order valence-corrected chi connectivity index (χ3v) is 16.5. The molecule has 42 heavy (non-hydrogen) atoms. The molecule has 8 atom stereocenters. The van der Waals surface area contributed by atoms with Crippen LogP contribution in [0.2, 0.25) is 6.04 Å². The molecular formula is C34H41F3O4Si. The Hall–Kier alpha value is -2.45. The van der Waals surface area contributed by atoms with E-state index in [4.69, 9.17) is 9.16 Å². The van der Waals surface area contributed by atoms with Crippen LogP contribution in [0.15, 0.2) is 60.7 Å². The number of carbonyl (C=O) groups excluding carboxylic acids is 2. The van der Waals surface area contributed by atoms with Gasteiger partial charge in [-0.1, -0.05) is 88.4 Å². The number of hydrogen-bond acceptors (Lipinski definition) is 4. The normalized spacial score (nSPS) is 39.1. The van der Waals surface area contributed by atoms with Gasteiger partial charge in [-0.05, 0) is 59.9 Å². The van der Waals surface area contributed by atoms with Crippen molar-refractivity contribution < 1.29 is 31.9 Å². The molecule has 0 radical (unpaired) electrons. The van der Waals surface area contributed by atoms with Gasteiger partial charge in [0.2, 0.25) is 0 Å². The first kappa shape index (κ1) is 29.6. The van der Waals surface area contributed by atoms with Crippen LogP contribution < -0.4 is 10.4 Å². The Morgan fingerprint density at radius 3 is 2.17 bits per heavy atom. The molecule has 1 heterocycles. The van der Waals surface area contributed by atoms with Crippen LogP contribution in [0, 0.1) is 34.0 Å². The Balaban J connectivity index is 1.55. The maximum atomic E-state index is 14.0. The Morgan fingerprint density at radius 2 is 1.62 bits per heavy atom. The van der Waals surface area contributed by atoms with E-state index in [1.807, 2.05) is 57.2 Å². The molecule has 2 aromatic rings. The fourth-order valence-electron chi connectivity index (χ4n) is 9.88. The lowest BCUT2D eigenvalue weighted by Gasteiger charge is -2.67. The molecule has 8 heteroatoms. The van der Waals surface area contributed by atoms with Crippen LogP contribution in [0.4, 0.5) is 13.2 Å². The number of rotatable bonds is 4. The lowest BCUT2D eigenvalue weighted by molar-refractivity contribution is -0.235. The highest BCUT2D eigenvalue weighted by Gasteiger charge is 2.72. The number of hydrogen-bond donors (Lipinski definition) is 0. The van der Waals surface area contributed by atoms with Gasteiger partial charge in [-0.25, -0.2) is 4.79 Å². The fourth-order valence-corrected chi connectivity index (χ4v) is 14.7. The van der Waals surface area contributed by atoms with Gasteiger partial charge in [-0.15, -0.1) is 0 Å². The van der Waals surface area contributed by atoms with Crippen LogP contribution in [-0.2, 0) is 18.8 Å². The fraction of sp³-hybridized carbons (Fsp3) is 0.588. The minimum atomic E-state index is -5.09. The number of carbonyl (C=O) groups is 2. The second kappa shape index (κ2) is 10.0. The molecule has 1 saturated heterocycles. The Labute approximate surface area is 247 Å². The summed E-state index contributed by atoms with van der Waals surface area (Å²) >= 11 is 0. The molecule has 1 aliphatic heterocycles. The number of ether oxygens (including phenoxy) is 1. The topological polar surface area (TPSA) is 52.6 Å². The van der Waals surface area contributed by atoms with Crippen LogP contribution in [0.1, 0.15) is 66.2 Å².